The molecule has 30 heavy (non-hydrogen) atoms. The van der Waals surface area contributed by atoms with Gasteiger partial charge in [0.15, 0.2) is 0 Å². The van der Waals surface area contributed by atoms with Crippen molar-refractivity contribution in [3.8, 4) is 0 Å². The number of aliphatic hydroxyl groups is 1. The van der Waals surface area contributed by atoms with Crippen LogP contribution >= 0.6 is 0 Å². The number of nitrogens with zero attached hydrogens (tertiary/aromatic N) is 3. The van der Waals surface area contributed by atoms with E-state index in [0.29, 0.717) is 5.41 Å². The van der Waals surface area contributed by atoms with Crippen molar-refractivity contribution in [1.29, 1.82) is 0 Å². The largest absolute Gasteiger partial charge is 0.444 e. The Bertz CT molecular complexity index is 881. The van der Waals surface area contributed by atoms with Crippen molar-refractivity contribution in [2.75, 3.05) is 26.2 Å². The predicted molar refractivity (Wildman–Crippen MR) is 117 cm³/mol. The molecule has 2 aliphatic heterocycles. The Morgan fingerprint density at radius 3 is 2.40 bits per heavy atom. The lowest BCUT2D eigenvalue weighted by Gasteiger charge is -2.46. The van der Waals surface area contributed by atoms with E-state index in [2.05, 4.69) is 27.6 Å². The van der Waals surface area contributed by atoms with Crippen LogP contribution in [0.1, 0.15) is 57.7 Å². The second-order valence-electron chi connectivity index (χ2n) is 10.0. The Hall–Kier alpha value is -2.05. The summed E-state index contributed by atoms with van der Waals surface area (Å²) in [7, 11) is 0. The fourth-order valence-electron chi connectivity index (χ4n) is 4.94. The minimum atomic E-state index is -0.437. The van der Waals surface area contributed by atoms with Crippen molar-refractivity contribution in [2.24, 2.45) is 5.41 Å². The van der Waals surface area contributed by atoms with Crippen molar-refractivity contribution < 1.29 is 14.6 Å². The van der Waals surface area contributed by atoms with E-state index in [1.807, 2.05) is 37.8 Å². The Labute approximate surface area is 179 Å². The number of carbonyl (C=O) groups excluding carboxylic acids is 1. The summed E-state index contributed by atoms with van der Waals surface area (Å²) in [5.74, 6) is 0. The lowest BCUT2D eigenvalue weighted by Crippen LogP contribution is -2.49. The summed E-state index contributed by atoms with van der Waals surface area (Å²) in [6.45, 7) is 10.4. The van der Waals surface area contributed by atoms with Crippen molar-refractivity contribution in [1.82, 2.24) is 14.2 Å². The molecule has 2 aromatic heterocycles. The molecule has 0 aliphatic carbocycles. The van der Waals surface area contributed by atoms with E-state index in [9.17, 15) is 9.90 Å². The molecule has 2 saturated heterocycles. The number of carbonyl (C=O) groups is 1. The van der Waals surface area contributed by atoms with Gasteiger partial charge in [0.25, 0.3) is 0 Å². The maximum atomic E-state index is 12.4. The molecule has 0 saturated carbocycles. The van der Waals surface area contributed by atoms with E-state index in [1.54, 1.807) is 0 Å². The molecule has 0 radical (unpaired) electrons. The highest BCUT2D eigenvalue weighted by atomic mass is 16.6. The first-order valence-corrected chi connectivity index (χ1v) is 11.2. The molecule has 1 N–H and O–H groups in total. The molecule has 0 atom stereocenters. The van der Waals surface area contributed by atoms with Crippen molar-refractivity contribution in [3.63, 3.8) is 0 Å². The molecule has 2 aromatic rings. The second kappa shape index (κ2) is 8.23. The van der Waals surface area contributed by atoms with Crippen molar-refractivity contribution in [3.05, 3.63) is 41.7 Å². The monoisotopic (exact) mass is 413 g/mol. The van der Waals surface area contributed by atoms with Crippen molar-refractivity contribution >= 4 is 11.6 Å². The van der Waals surface area contributed by atoms with E-state index in [4.69, 9.17) is 4.74 Å². The molecule has 0 unspecified atom stereocenters. The molecule has 6 nitrogen and oxygen atoms in total. The molecule has 0 aromatic carbocycles. The quantitative estimate of drug-likeness (QED) is 0.825. The van der Waals surface area contributed by atoms with Crippen LogP contribution in [0.5, 0.6) is 0 Å². The van der Waals surface area contributed by atoms with Gasteiger partial charge in [-0.1, -0.05) is 6.07 Å². The average molecular weight is 414 g/mol. The number of fused-ring (bicyclic) bond motifs is 1. The van der Waals surface area contributed by atoms with Gasteiger partial charge < -0.3 is 19.1 Å². The highest BCUT2D eigenvalue weighted by Crippen LogP contribution is 2.41. The topological polar surface area (TPSA) is 57.4 Å². The molecule has 4 heterocycles. The maximum absolute atomic E-state index is 12.4. The highest BCUT2D eigenvalue weighted by Gasteiger charge is 2.39. The Morgan fingerprint density at radius 2 is 1.77 bits per heavy atom. The Morgan fingerprint density at radius 1 is 1.10 bits per heavy atom. The van der Waals surface area contributed by atoms with Gasteiger partial charge >= 0.3 is 6.09 Å². The lowest BCUT2D eigenvalue weighted by molar-refractivity contribution is -0.00328. The number of amides is 1. The number of ether oxygens (including phenoxy) is 1. The van der Waals surface area contributed by atoms with Gasteiger partial charge in [-0.25, -0.2) is 4.79 Å². The number of aromatic nitrogens is 1. The molecule has 6 heteroatoms. The first-order valence-electron chi connectivity index (χ1n) is 11.2. The number of hydrogen-bond donors (Lipinski definition) is 1. The smallest absolute Gasteiger partial charge is 0.410 e. The SMILES string of the molecule is CC(C)(C)OC(=O)N1CCC2(CCN(Cc3c(CO)cc4ccccn34)CC2)CC1. The van der Waals surface area contributed by atoms with Crippen LogP contribution in [0.15, 0.2) is 30.5 Å². The standard InChI is InChI=1S/C24H35N3O3/c1-23(2,3)30-22(29)26-14-9-24(10-15-26)7-12-25(13-8-24)17-21-19(18-28)16-20-6-4-5-11-27(20)21/h4-6,11,16,28H,7-10,12-15,17-18H2,1-3H3. The van der Waals surface area contributed by atoms with Gasteiger partial charge in [-0.05, 0) is 83.2 Å². The minimum Gasteiger partial charge on any atom is -0.444 e. The number of piperidine rings is 2. The molecule has 0 bridgehead atoms. The first kappa shape index (κ1) is 21.2. The molecule has 164 valence electrons. The summed E-state index contributed by atoms with van der Waals surface area (Å²) < 4.78 is 7.75. The summed E-state index contributed by atoms with van der Waals surface area (Å²) in [6.07, 6.45) is 6.39. The van der Waals surface area contributed by atoms with E-state index in [0.717, 1.165) is 56.6 Å². The number of hydrogen-bond acceptors (Lipinski definition) is 4. The molecule has 2 fully saturated rings. The minimum absolute atomic E-state index is 0.0787. The van der Waals surface area contributed by atoms with Crippen LogP contribution in [0.3, 0.4) is 0 Å². The number of aliphatic hydroxyl groups excluding tert-OH is 1. The van der Waals surface area contributed by atoms with Gasteiger partial charge in [-0.2, -0.15) is 0 Å². The van der Waals surface area contributed by atoms with Crippen LogP contribution in [0, 0.1) is 5.41 Å². The van der Waals surface area contributed by atoms with Gasteiger partial charge in [-0.15, -0.1) is 0 Å². The van der Waals surface area contributed by atoms with E-state index in [1.165, 1.54) is 18.5 Å². The average Bonchev–Trinajstić information content (AvgIpc) is 3.07. The fourth-order valence-corrected chi connectivity index (χ4v) is 4.94. The summed E-state index contributed by atoms with van der Waals surface area (Å²) >= 11 is 0. The van der Waals surface area contributed by atoms with Crippen LogP contribution < -0.4 is 0 Å². The molecular formula is C24H35N3O3. The van der Waals surface area contributed by atoms with Crippen LogP contribution in [-0.4, -0.2) is 57.2 Å². The highest BCUT2D eigenvalue weighted by molar-refractivity contribution is 5.68. The normalized spacial score (nSPS) is 20.1. The Balaban J connectivity index is 1.34. The lowest BCUT2D eigenvalue weighted by atomic mass is 9.71. The van der Waals surface area contributed by atoms with Crippen LogP contribution in [0.4, 0.5) is 4.79 Å². The zero-order valence-corrected chi connectivity index (χ0v) is 18.6. The second-order valence-corrected chi connectivity index (χ2v) is 10.0. The van der Waals surface area contributed by atoms with Crippen LogP contribution in [0.2, 0.25) is 0 Å². The third-order valence-electron chi connectivity index (χ3n) is 6.81. The summed E-state index contributed by atoms with van der Waals surface area (Å²) in [6, 6.07) is 8.26. The first-order chi connectivity index (χ1) is 14.3. The van der Waals surface area contributed by atoms with Gasteiger partial charge in [0, 0.05) is 42.6 Å². The fraction of sp³-hybridized carbons (Fsp3) is 0.625. The molecule has 1 spiro atoms. The third kappa shape index (κ3) is 4.49. The number of rotatable bonds is 3. The van der Waals surface area contributed by atoms with E-state index in [-0.39, 0.29) is 12.7 Å². The Kier molecular flexibility index (Phi) is 5.82. The third-order valence-corrected chi connectivity index (χ3v) is 6.81. The van der Waals surface area contributed by atoms with Gasteiger partial charge in [0.1, 0.15) is 5.60 Å². The number of likely N-dealkylation sites (tertiary alicyclic amines) is 2. The molecule has 1 amide bonds. The molecule has 4 rings (SSSR count). The molecule has 2 aliphatic rings. The predicted octanol–water partition coefficient (Wildman–Crippen LogP) is 4.04. The van der Waals surface area contributed by atoms with Gasteiger partial charge in [0.05, 0.1) is 6.61 Å². The maximum Gasteiger partial charge on any atom is 0.410 e. The van der Waals surface area contributed by atoms with Crippen molar-refractivity contribution in [2.45, 2.75) is 65.2 Å². The summed E-state index contributed by atoms with van der Waals surface area (Å²) in [4.78, 5) is 16.7. The van der Waals surface area contributed by atoms with Crippen LogP contribution in [-0.2, 0) is 17.9 Å². The zero-order valence-electron chi connectivity index (χ0n) is 18.6. The molecular weight excluding hydrogens is 378 g/mol. The summed E-state index contributed by atoms with van der Waals surface area (Å²) in [5.41, 5.74) is 3.28. The van der Waals surface area contributed by atoms with Crippen LogP contribution in [0.25, 0.3) is 5.52 Å². The van der Waals surface area contributed by atoms with Gasteiger partial charge in [-0.3, -0.25) is 4.90 Å². The number of pyridine rings is 1. The summed E-state index contributed by atoms with van der Waals surface area (Å²) in [5, 5.41) is 9.81. The van der Waals surface area contributed by atoms with Gasteiger partial charge in [0.2, 0.25) is 0 Å². The van der Waals surface area contributed by atoms with E-state index >= 15 is 0 Å². The van der Waals surface area contributed by atoms with E-state index < -0.39 is 5.60 Å². The zero-order chi connectivity index (χ0) is 21.4.